The number of amides is 3. The molecule has 0 aliphatic heterocycles. The first-order valence-corrected chi connectivity index (χ1v) is 8.16. The predicted molar refractivity (Wildman–Crippen MR) is 103 cm³/mol. The summed E-state index contributed by atoms with van der Waals surface area (Å²) in [6.45, 7) is 2.70. The lowest BCUT2D eigenvalue weighted by Gasteiger charge is -2.11. The number of nitrogens with one attached hydrogen (secondary N) is 3. The fourth-order valence-corrected chi connectivity index (χ4v) is 2.37. The fourth-order valence-electron chi connectivity index (χ4n) is 2.15. The molecule has 26 heavy (non-hydrogen) atoms. The molecular weight excluding hydrogens is 354 g/mol. The lowest BCUT2D eigenvalue weighted by molar-refractivity contribution is -0.120. The monoisotopic (exact) mass is 371 g/mol. The molecule has 0 radical (unpaired) electrons. The second kappa shape index (κ2) is 8.82. The Morgan fingerprint density at radius 2 is 1.62 bits per heavy atom. The molecule has 0 aromatic heterocycles. The number of halogens is 1. The van der Waals surface area contributed by atoms with E-state index in [0.29, 0.717) is 11.4 Å². The van der Waals surface area contributed by atoms with Gasteiger partial charge in [-0.2, -0.15) is 0 Å². The van der Waals surface area contributed by atoms with Gasteiger partial charge in [0.25, 0.3) is 5.91 Å². The largest absolute Gasteiger partial charge is 0.325 e. The van der Waals surface area contributed by atoms with Gasteiger partial charge in [0, 0.05) is 19.5 Å². The molecule has 0 heterocycles. The van der Waals surface area contributed by atoms with Crippen LogP contribution in [0.2, 0.25) is 5.02 Å². The van der Waals surface area contributed by atoms with Crippen LogP contribution in [0, 0.1) is 0 Å². The highest BCUT2D eigenvalue weighted by Crippen LogP contribution is 2.25. The molecule has 0 aliphatic carbocycles. The zero-order chi connectivity index (χ0) is 19.1. The topological polar surface area (TPSA) is 87.3 Å². The van der Waals surface area contributed by atoms with Crippen molar-refractivity contribution in [1.82, 2.24) is 5.32 Å². The van der Waals surface area contributed by atoms with Crippen LogP contribution in [0.5, 0.6) is 0 Å². The summed E-state index contributed by atoms with van der Waals surface area (Å²) < 4.78 is 0. The number of hydrogen-bond donors (Lipinski definition) is 3. The van der Waals surface area contributed by atoms with E-state index in [9.17, 15) is 14.4 Å². The molecule has 6 nitrogen and oxygen atoms in total. The van der Waals surface area contributed by atoms with Gasteiger partial charge in [0.15, 0.2) is 0 Å². The Hall–Kier alpha value is -3.12. The molecule has 0 saturated carbocycles. The van der Waals surface area contributed by atoms with Crippen LogP contribution in [0.25, 0.3) is 6.08 Å². The SMILES string of the molecule is CC(=O)N/C(=C/c1ccccc1)C(=O)Nc1ccc(NC(C)=O)c(Cl)c1. The molecule has 0 aliphatic rings. The third-order valence-corrected chi connectivity index (χ3v) is 3.52. The molecule has 2 aromatic rings. The Morgan fingerprint density at radius 3 is 2.19 bits per heavy atom. The first kappa shape index (κ1) is 19.2. The molecule has 0 spiro atoms. The summed E-state index contributed by atoms with van der Waals surface area (Å²) in [5, 5.41) is 8.06. The summed E-state index contributed by atoms with van der Waals surface area (Å²) in [5.74, 6) is -1.10. The van der Waals surface area contributed by atoms with Crippen LogP contribution < -0.4 is 16.0 Å². The molecule has 0 saturated heterocycles. The van der Waals surface area contributed by atoms with Crippen LogP contribution in [0.3, 0.4) is 0 Å². The molecule has 3 amide bonds. The van der Waals surface area contributed by atoms with Crippen molar-refractivity contribution in [2.45, 2.75) is 13.8 Å². The quantitative estimate of drug-likeness (QED) is 0.704. The van der Waals surface area contributed by atoms with Crippen molar-refractivity contribution in [2.75, 3.05) is 10.6 Å². The van der Waals surface area contributed by atoms with E-state index in [4.69, 9.17) is 11.6 Å². The third-order valence-electron chi connectivity index (χ3n) is 3.20. The highest BCUT2D eigenvalue weighted by molar-refractivity contribution is 6.34. The van der Waals surface area contributed by atoms with E-state index >= 15 is 0 Å². The molecule has 134 valence electrons. The van der Waals surface area contributed by atoms with Gasteiger partial charge in [0.2, 0.25) is 11.8 Å². The van der Waals surface area contributed by atoms with E-state index in [1.54, 1.807) is 18.2 Å². The van der Waals surface area contributed by atoms with Crippen molar-refractivity contribution in [3.05, 3.63) is 64.8 Å². The van der Waals surface area contributed by atoms with Gasteiger partial charge in [-0.05, 0) is 29.8 Å². The summed E-state index contributed by atoms with van der Waals surface area (Å²) in [4.78, 5) is 35.0. The maximum atomic E-state index is 12.5. The van der Waals surface area contributed by atoms with Crippen LogP contribution in [0.4, 0.5) is 11.4 Å². The number of anilines is 2. The zero-order valence-electron chi connectivity index (χ0n) is 14.3. The fraction of sp³-hybridized carbons (Fsp3) is 0.105. The number of carbonyl (C=O) groups excluding carboxylic acids is 3. The smallest absolute Gasteiger partial charge is 0.272 e. The number of rotatable bonds is 5. The van der Waals surface area contributed by atoms with E-state index in [1.165, 1.54) is 19.9 Å². The third kappa shape index (κ3) is 5.75. The van der Waals surface area contributed by atoms with Crippen molar-refractivity contribution in [3.63, 3.8) is 0 Å². The summed E-state index contributed by atoms with van der Waals surface area (Å²) in [7, 11) is 0. The van der Waals surface area contributed by atoms with E-state index in [2.05, 4.69) is 16.0 Å². The van der Waals surface area contributed by atoms with Gasteiger partial charge >= 0.3 is 0 Å². The average molecular weight is 372 g/mol. The zero-order valence-corrected chi connectivity index (χ0v) is 15.1. The molecule has 0 bridgehead atoms. The van der Waals surface area contributed by atoms with Gasteiger partial charge < -0.3 is 16.0 Å². The van der Waals surface area contributed by atoms with Gasteiger partial charge in [0.05, 0.1) is 10.7 Å². The first-order valence-electron chi connectivity index (χ1n) is 7.78. The molecule has 0 fully saturated rings. The van der Waals surface area contributed by atoms with E-state index in [0.717, 1.165) is 5.56 Å². The molecule has 3 N–H and O–H groups in total. The van der Waals surface area contributed by atoms with Gasteiger partial charge in [-0.25, -0.2) is 0 Å². The number of carbonyl (C=O) groups is 3. The second-order valence-electron chi connectivity index (χ2n) is 5.48. The number of benzene rings is 2. The number of hydrogen-bond acceptors (Lipinski definition) is 3. The van der Waals surface area contributed by atoms with E-state index in [1.807, 2.05) is 30.3 Å². The summed E-state index contributed by atoms with van der Waals surface area (Å²) in [5.41, 5.74) is 1.74. The van der Waals surface area contributed by atoms with Crippen LogP contribution in [0.1, 0.15) is 19.4 Å². The minimum absolute atomic E-state index is 0.103. The minimum Gasteiger partial charge on any atom is -0.325 e. The van der Waals surface area contributed by atoms with Gasteiger partial charge in [0.1, 0.15) is 5.70 Å². The Bertz CT molecular complexity index is 864. The maximum absolute atomic E-state index is 12.5. The highest BCUT2D eigenvalue weighted by atomic mass is 35.5. The molecule has 0 unspecified atom stereocenters. The van der Waals surface area contributed by atoms with Crippen LogP contribution in [-0.2, 0) is 14.4 Å². The van der Waals surface area contributed by atoms with Crippen LogP contribution in [0.15, 0.2) is 54.2 Å². The van der Waals surface area contributed by atoms with Crippen molar-refractivity contribution in [3.8, 4) is 0 Å². The molecule has 7 heteroatoms. The summed E-state index contributed by atoms with van der Waals surface area (Å²) in [6.07, 6.45) is 1.57. The normalized spacial score (nSPS) is 10.8. The van der Waals surface area contributed by atoms with Gasteiger partial charge in [-0.3, -0.25) is 14.4 Å². The Kier molecular flexibility index (Phi) is 6.52. The standard InChI is InChI=1S/C19H18ClN3O3/c1-12(24)21-17-9-8-15(11-16(17)20)23-19(26)18(22-13(2)25)10-14-6-4-3-5-7-14/h3-11H,1-2H3,(H,21,24)(H,22,25)(H,23,26)/b18-10+. The second-order valence-corrected chi connectivity index (χ2v) is 5.89. The molecule has 2 aromatic carbocycles. The van der Waals surface area contributed by atoms with Crippen molar-refractivity contribution < 1.29 is 14.4 Å². The lowest BCUT2D eigenvalue weighted by atomic mass is 10.2. The summed E-state index contributed by atoms with van der Waals surface area (Å²) >= 11 is 6.10. The van der Waals surface area contributed by atoms with Crippen LogP contribution in [-0.4, -0.2) is 17.7 Å². The lowest BCUT2D eigenvalue weighted by Crippen LogP contribution is -2.29. The highest BCUT2D eigenvalue weighted by Gasteiger charge is 2.13. The minimum atomic E-state index is -0.493. The first-order chi connectivity index (χ1) is 12.3. The molecular formula is C19H18ClN3O3. The van der Waals surface area contributed by atoms with Crippen LogP contribution >= 0.6 is 11.6 Å². The van der Waals surface area contributed by atoms with E-state index in [-0.39, 0.29) is 22.5 Å². The Balaban J connectivity index is 2.21. The predicted octanol–water partition coefficient (Wildman–Crippen LogP) is 3.41. The van der Waals surface area contributed by atoms with Gasteiger partial charge in [-0.15, -0.1) is 0 Å². The van der Waals surface area contributed by atoms with Crippen molar-refractivity contribution in [2.24, 2.45) is 0 Å². The van der Waals surface area contributed by atoms with E-state index < -0.39 is 5.91 Å². The Morgan fingerprint density at radius 1 is 0.923 bits per heavy atom. The molecule has 2 rings (SSSR count). The maximum Gasteiger partial charge on any atom is 0.272 e. The summed E-state index contributed by atoms with van der Waals surface area (Å²) in [6, 6.07) is 13.8. The van der Waals surface area contributed by atoms with Crippen molar-refractivity contribution in [1.29, 1.82) is 0 Å². The van der Waals surface area contributed by atoms with Gasteiger partial charge in [-0.1, -0.05) is 41.9 Å². The average Bonchev–Trinajstić information content (AvgIpc) is 2.57. The Labute approximate surface area is 156 Å². The molecule has 0 atom stereocenters. The van der Waals surface area contributed by atoms with Crippen molar-refractivity contribution >= 4 is 46.8 Å².